The molecule has 4 rings (SSSR count). The fourth-order valence-corrected chi connectivity index (χ4v) is 6.61. The van der Waals surface area contributed by atoms with E-state index >= 15 is 0 Å². The van der Waals surface area contributed by atoms with Crippen molar-refractivity contribution in [2.24, 2.45) is 5.92 Å². The molecule has 3 aromatic rings. The van der Waals surface area contributed by atoms with Crippen LogP contribution in [0.1, 0.15) is 31.4 Å². The number of benzene rings is 3. The molecule has 1 aliphatic rings. The second-order valence-corrected chi connectivity index (χ2v) is 13.2. The summed E-state index contributed by atoms with van der Waals surface area (Å²) in [5, 5.41) is 14.4. The predicted molar refractivity (Wildman–Crippen MR) is 165 cm³/mol. The Balaban J connectivity index is 1.48. The van der Waals surface area contributed by atoms with Gasteiger partial charge in [0.15, 0.2) is 0 Å². The van der Waals surface area contributed by atoms with E-state index in [1.807, 2.05) is 68.4 Å². The minimum Gasteiger partial charge on any atom is -0.497 e. The van der Waals surface area contributed by atoms with Crippen LogP contribution in [-0.2, 0) is 32.4 Å². The van der Waals surface area contributed by atoms with Crippen molar-refractivity contribution in [2.75, 3.05) is 33.4 Å². The predicted octanol–water partition coefficient (Wildman–Crippen LogP) is 3.84. The third-order valence-corrected chi connectivity index (χ3v) is 9.09. The van der Waals surface area contributed by atoms with Crippen molar-refractivity contribution in [3.63, 3.8) is 0 Å². The molecule has 43 heavy (non-hydrogen) atoms. The van der Waals surface area contributed by atoms with Crippen molar-refractivity contribution < 1.29 is 32.5 Å². The number of methoxy groups -OCH3 is 1. The van der Waals surface area contributed by atoms with Crippen LogP contribution in [0.25, 0.3) is 0 Å². The van der Waals surface area contributed by atoms with Crippen LogP contribution in [0.4, 0.5) is 0 Å². The highest BCUT2D eigenvalue weighted by molar-refractivity contribution is 7.89. The van der Waals surface area contributed by atoms with Gasteiger partial charge in [0, 0.05) is 19.5 Å². The summed E-state index contributed by atoms with van der Waals surface area (Å²) >= 11 is 0. The number of nitrogens with zero attached hydrogens (tertiary/aromatic N) is 1. The molecular weight excluding hydrogens is 568 g/mol. The number of carbonyl (C=O) groups excluding carboxylic acids is 1. The second-order valence-electron chi connectivity index (χ2n) is 11.2. The first-order valence-corrected chi connectivity index (χ1v) is 16.1. The van der Waals surface area contributed by atoms with Gasteiger partial charge in [0.25, 0.3) is 0 Å². The van der Waals surface area contributed by atoms with Gasteiger partial charge in [0.05, 0.1) is 43.8 Å². The van der Waals surface area contributed by atoms with Gasteiger partial charge in [-0.1, -0.05) is 56.3 Å². The van der Waals surface area contributed by atoms with Crippen LogP contribution in [-0.4, -0.2) is 75.4 Å². The van der Waals surface area contributed by atoms with Crippen LogP contribution in [0.3, 0.4) is 0 Å². The first kappa shape index (κ1) is 32.5. The molecule has 3 unspecified atom stereocenters. The van der Waals surface area contributed by atoms with Crippen LogP contribution in [0.2, 0.25) is 0 Å². The van der Waals surface area contributed by atoms with E-state index < -0.39 is 22.2 Å². The molecule has 3 aromatic carbocycles. The van der Waals surface area contributed by atoms with E-state index in [-0.39, 0.29) is 42.3 Å². The van der Waals surface area contributed by atoms with Gasteiger partial charge in [0.2, 0.25) is 15.9 Å². The van der Waals surface area contributed by atoms with Crippen molar-refractivity contribution >= 4 is 15.9 Å². The molecule has 0 radical (unpaired) electrons. The molecule has 0 saturated carbocycles. The summed E-state index contributed by atoms with van der Waals surface area (Å²) in [4.78, 5) is 13.3. The standard InChI is InChI=1S/C33H42N2O7S/c1-24(2)21-35(43(38,39)30-15-13-27(40-3)14-16-30)22-32(36)31(19-25-7-5-4-6-8-25)34-33(37)20-26-9-11-28(12-10-26)42-29-17-18-41-23-29/h4-16,24,29,31-32,36H,17-23H2,1-3H3,(H,34,37). The number of aliphatic hydroxyl groups is 1. The van der Waals surface area contributed by atoms with Gasteiger partial charge in [-0.05, 0) is 59.9 Å². The number of ether oxygens (including phenoxy) is 3. The maximum atomic E-state index is 13.7. The van der Waals surface area contributed by atoms with E-state index in [1.165, 1.54) is 23.5 Å². The van der Waals surface area contributed by atoms with E-state index in [0.717, 1.165) is 23.3 Å². The zero-order valence-electron chi connectivity index (χ0n) is 25.0. The van der Waals surface area contributed by atoms with Crippen LogP contribution >= 0.6 is 0 Å². The number of sulfonamides is 1. The Morgan fingerprint density at radius 3 is 2.26 bits per heavy atom. The molecule has 2 N–H and O–H groups in total. The maximum absolute atomic E-state index is 13.7. The number of amides is 1. The third kappa shape index (κ3) is 9.53. The zero-order chi connectivity index (χ0) is 30.8. The fraction of sp³-hybridized carbons (Fsp3) is 0.424. The number of carbonyl (C=O) groups is 1. The Morgan fingerprint density at radius 1 is 0.977 bits per heavy atom. The molecule has 0 aliphatic carbocycles. The lowest BCUT2D eigenvalue weighted by Crippen LogP contribution is -2.51. The first-order valence-electron chi connectivity index (χ1n) is 14.6. The van der Waals surface area contributed by atoms with Crippen molar-refractivity contribution in [1.82, 2.24) is 9.62 Å². The largest absolute Gasteiger partial charge is 0.497 e. The topological polar surface area (TPSA) is 114 Å². The summed E-state index contributed by atoms with van der Waals surface area (Å²) in [6.07, 6.45) is 0.163. The van der Waals surface area contributed by atoms with Gasteiger partial charge >= 0.3 is 0 Å². The average molecular weight is 611 g/mol. The lowest BCUT2D eigenvalue weighted by molar-refractivity contribution is -0.122. The summed E-state index contributed by atoms with van der Waals surface area (Å²) in [6.45, 7) is 5.14. The molecule has 10 heteroatoms. The zero-order valence-corrected chi connectivity index (χ0v) is 25.8. The molecule has 0 spiro atoms. The Kier molecular flexibility index (Phi) is 11.6. The lowest BCUT2D eigenvalue weighted by Gasteiger charge is -2.31. The summed E-state index contributed by atoms with van der Waals surface area (Å²) in [5.74, 6) is 1.01. The molecule has 9 nitrogen and oxygen atoms in total. The van der Waals surface area contributed by atoms with E-state index in [9.17, 15) is 18.3 Å². The minimum absolute atomic E-state index is 0.00975. The van der Waals surface area contributed by atoms with E-state index in [2.05, 4.69) is 5.32 Å². The third-order valence-electron chi connectivity index (χ3n) is 7.24. The summed E-state index contributed by atoms with van der Waals surface area (Å²) in [7, 11) is -2.41. The van der Waals surface area contributed by atoms with Crippen molar-refractivity contribution in [2.45, 2.75) is 56.3 Å². The number of aliphatic hydroxyl groups excluding tert-OH is 1. The molecular formula is C33H42N2O7S. The van der Waals surface area contributed by atoms with E-state index in [4.69, 9.17) is 14.2 Å². The van der Waals surface area contributed by atoms with Gasteiger partial charge in [0.1, 0.15) is 17.6 Å². The van der Waals surface area contributed by atoms with Crippen molar-refractivity contribution in [1.29, 1.82) is 0 Å². The maximum Gasteiger partial charge on any atom is 0.243 e. The quantitative estimate of drug-likeness (QED) is 0.269. The highest BCUT2D eigenvalue weighted by Crippen LogP contribution is 2.22. The van der Waals surface area contributed by atoms with Crippen LogP contribution < -0.4 is 14.8 Å². The summed E-state index contributed by atoms with van der Waals surface area (Å²) in [6, 6.07) is 22.3. The van der Waals surface area contributed by atoms with Crippen LogP contribution in [0.5, 0.6) is 11.5 Å². The summed E-state index contributed by atoms with van der Waals surface area (Å²) < 4.78 is 45.0. The molecule has 232 valence electrons. The Morgan fingerprint density at radius 2 is 1.65 bits per heavy atom. The Hall–Kier alpha value is -3.44. The van der Waals surface area contributed by atoms with Crippen LogP contribution in [0.15, 0.2) is 83.8 Å². The minimum atomic E-state index is -3.93. The Labute approximate surface area is 254 Å². The number of rotatable bonds is 15. The lowest BCUT2D eigenvalue weighted by atomic mass is 10.00. The highest BCUT2D eigenvalue weighted by atomic mass is 32.2. The fourth-order valence-electron chi connectivity index (χ4n) is 4.99. The molecule has 3 atom stereocenters. The monoisotopic (exact) mass is 610 g/mol. The SMILES string of the molecule is COc1ccc(S(=O)(=O)N(CC(C)C)CC(O)C(Cc2ccccc2)NC(=O)Cc2ccc(OC3CCOC3)cc2)cc1. The van der Waals surface area contributed by atoms with Crippen LogP contribution in [0, 0.1) is 5.92 Å². The molecule has 1 amide bonds. The smallest absolute Gasteiger partial charge is 0.243 e. The highest BCUT2D eigenvalue weighted by Gasteiger charge is 2.31. The molecule has 0 bridgehead atoms. The van der Waals surface area contributed by atoms with E-state index in [1.54, 1.807) is 12.1 Å². The number of nitrogens with one attached hydrogen (secondary N) is 1. The van der Waals surface area contributed by atoms with Crippen molar-refractivity contribution in [3.8, 4) is 11.5 Å². The molecule has 0 aromatic heterocycles. The van der Waals surface area contributed by atoms with Gasteiger partial charge < -0.3 is 24.6 Å². The summed E-state index contributed by atoms with van der Waals surface area (Å²) in [5.41, 5.74) is 1.71. The van der Waals surface area contributed by atoms with Gasteiger partial charge in [-0.15, -0.1) is 0 Å². The normalized spacial score (nSPS) is 16.7. The van der Waals surface area contributed by atoms with E-state index in [0.29, 0.717) is 25.4 Å². The van der Waals surface area contributed by atoms with Gasteiger partial charge in [-0.25, -0.2) is 8.42 Å². The second kappa shape index (κ2) is 15.3. The first-order chi connectivity index (χ1) is 20.6. The Bertz CT molecular complexity index is 1390. The number of hydrogen-bond donors (Lipinski definition) is 2. The number of hydrogen-bond acceptors (Lipinski definition) is 7. The average Bonchev–Trinajstić information content (AvgIpc) is 3.51. The van der Waals surface area contributed by atoms with Gasteiger partial charge in [-0.2, -0.15) is 4.31 Å². The molecule has 1 aliphatic heterocycles. The van der Waals surface area contributed by atoms with Crippen molar-refractivity contribution in [3.05, 3.63) is 90.0 Å². The molecule has 1 saturated heterocycles. The molecule has 1 fully saturated rings. The molecule has 1 heterocycles. The van der Waals surface area contributed by atoms with Gasteiger partial charge in [-0.3, -0.25) is 4.79 Å².